The third-order valence-electron chi connectivity index (χ3n) is 3.23. The van der Waals surface area contributed by atoms with Crippen LogP contribution in [0.4, 0.5) is 5.69 Å². The van der Waals surface area contributed by atoms with Gasteiger partial charge in [0, 0.05) is 10.6 Å². The summed E-state index contributed by atoms with van der Waals surface area (Å²) >= 11 is 0. The first-order valence-electron chi connectivity index (χ1n) is 6.44. The Kier molecular flexibility index (Phi) is 3.52. The van der Waals surface area contributed by atoms with Gasteiger partial charge in [-0.1, -0.05) is 42.5 Å². The Balaban J connectivity index is 1.88. The molecule has 0 heterocycles. The van der Waals surface area contributed by atoms with Gasteiger partial charge in [0.05, 0.1) is 16.6 Å². The van der Waals surface area contributed by atoms with Crippen molar-refractivity contribution in [3.05, 3.63) is 72.3 Å². The van der Waals surface area contributed by atoms with Crippen molar-refractivity contribution in [2.75, 3.05) is 5.73 Å². The van der Waals surface area contributed by atoms with Gasteiger partial charge >= 0.3 is 0 Å². The van der Waals surface area contributed by atoms with Gasteiger partial charge in [-0.3, -0.25) is 4.21 Å². The summed E-state index contributed by atoms with van der Waals surface area (Å²) in [5, 5.41) is 2.28. The largest absolute Gasteiger partial charge is 0.399 e. The molecule has 2 nitrogen and oxygen atoms in total. The van der Waals surface area contributed by atoms with Crippen LogP contribution in [0.5, 0.6) is 0 Å². The van der Waals surface area contributed by atoms with Gasteiger partial charge in [0.25, 0.3) is 0 Å². The van der Waals surface area contributed by atoms with Crippen molar-refractivity contribution in [3.63, 3.8) is 0 Å². The predicted octanol–water partition coefficient (Wildman–Crippen LogP) is 3.73. The third-order valence-corrected chi connectivity index (χ3v) is 4.61. The number of benzene rings is 3. The van der Waals surface area contributed by atoms with Crippen LogP contribution in [-0.4, -0.2) is 4.21 Å². The highest BCUT2D eigenvalue weighted by Gasteiger charge is 2.06. The van der Waals surface area contributed by atoms with Crippen molar-refractivity contribution in [1.82, 2.24) is 0 Å². The molecule has 3 heteroatoms. The molecule has 20 heavy (non-hydrogen) atoms. The monoisotopic (exact) mass is 281 g/mol. The summed E-state index contributed by atoms with van der Waals surface area (Å²) in [5.41, 5.74) is 7.45. The Morgan fingerprint density at radius 3 is 2.45 bits per heavy atom. The van der Waals surface area contributed by atoms with E-state index in [1.807, 2.05) is 60.7 Å². The molecule has 1 atom stereocenters. The van der Waals surface area contributed by atoms with Crippen molar-refractivity contribution in [1.29, 1.82) is 0 Å². The van der Waals surface area contributed by atoms with Gasteiger partial charge in [0.15, 0.2) is 0 Å². The van der Waals surface area contributed by atoms with Crippen molar-refractivity contribution in [2.24, 2.45) is 0 Å². The average molecular weight is 281 g/mol. The van der Waals surface area contributed by atoms with Gasteiger partial charge in [-0.2, -0.15) is 0 Å². The van der Waals surface area contributed by atoms with Crippen molar-refractivity contribution in [3.8, 4) is 0 Å². The van der Waals surface area contributed by atoms with Crippen LogP contribution in [-0.2, 0) is 16.6 Å². The highest BCUT2D eigenvalue weighted by atomic mass is 32.2. The molecule has 0 aliphatic carbocycles. The van der Waals surface area contributed by atoms with Gasteiger partial charge in [-0.15, -0.1) is 0 Å². The smallest absolute Gasteiger partial charge is 0.0574 e. The molecule has 0 saturated heterocycles. The number of anilines is 1. The molecular formula is C17H15NOS. The molecule has 0 amide bonds. The van der Waals surface area contributed by atoms with E-state index >= 15 is 0 Å². The minimum absolute atomic E-state index is 0.489. The zero-order valence-electron chi connectivity index (χ0n) is 11.0. The number of hydrogen-bond donors (Lipinski definition) is 1. The second kappa shape index (κ2) is 5.47. The molecule has 3 rings (SSSR count). The summed E-state index contributed by atoms with van der Waals surface area (Å²) in [6.07, 6.45) is 0. The molecule has 0 aliphatic heterocycles. The summed E-state index contributed by atoms with van der Waals surface area (Å²) in [6, 6.07) is 21.6. The van der Waals surface area contributed by atoms with Crippen LogP contribution < -0.4 is 5.73 Å². The van der Waals surface area contributed by atoms with Crippen LogP contribution in [0, 0.1) is 0 Å². The zero-order valence-corrected chi connectivity index (χ0v) is 11.8. The molecule has 0 aliphatic rings. The quantitative estimate of drug-likeness (QED) is 0.743. The maximum absolute atomic E-state index is 12.4. The third kappa shape index (κ3) is 2.73. The van der Waals surface area contributed by atoms with Crippen LogP contribution >= 0.6 is 0 Å². The number of fused-ring (bicyclic) bond motifs is 1. The van der Waals surface area contributed by atoms with E-state index in [0.29, 0.717) is 11.4 Å². The van der Waals surface area contributed by atoms with Gasteiger partial charge in [0.1, 0.15) is 0 Å². The maximum atomic E-state index is 12.4. The van der Waals surface area contributed by atoms with Gasteiger partial charge in [-0.05, 0) is 40.6 Å². The first-order chi connectivity index (χ1) is 9.72. The molecule has 100 valence electrons. The summed E-state index contributed by atoms with van der Waals surface area (Å²) in [7, 11) is -1.05. The second-order valence-corrected chi connectivity index (χ2v) is 6.19. The second-order valence-electron chi connectivity index (χ2n) is 4.74. The van der Waals surface area contributed by atoms with E-state index < -0.39 is 10.8 Å². The van der Waals surface area contributed by atoms with Gasteiger partial charge < -0.3 is 5.73 Å². The average Bonchev–Trinajstić information content (AvgIpc) is 2.47. The van der Waals surface area contributed by atoms with Crippen LogP contribution in [0.1, 0.15) is 5.56 Å². The van der Waals surface area contributed by atoms with Crippen molar-refractivity contribution >= 4 is 27.3 Å². The highest BCUT2D eigenvalue weighted by Crippen LogP contribution is 2.20. The molecule has 3 aromatic carbocycles. The Morgan fingerprint density at radius 2 is 1.65 bits per heavy atom. The molecule has 0 aromatic heterocycles. The minimum atomic E-state index is -1.05. The molecular weight excluding hydrogens is 266 g/mol. The lowest BCUT2D eigenvalue weighted by atomic mass is 10.1. The fraction of sp³-hybridized carbons (Fsp3) is 0.0588. The molecule has 2 N–H and O–H groups in total. The van der Waals surface area contributed by atoms with Crippen LogP contribution in [0.15, 0.2) is 71.6 Å². The Hall–Kier alpha value is -2.13. The van der Waals surface area contributed by atoms with Crippen molar-refractivity contribution < 1.29 is 4.21 Å². The van der Waals surface area contributed by atoms with E-state index in [0.717, 1.165) is 21.2 Å². The normalized spacial score (nSPS) is 12.4. The summed E-state index contributed by atoms with van der Waals surface area (Å²) in [5.74, 6) is 0.489. The highest BCUT2D eigenvalue weighted by molar-refractivity contribution is 7.84. The van der Waals surface area contributed by atoms with Gasteiger partial charge in [0.2, 0.25) is 0 Å². The van der Waals surface area contributed by atoms with Crippen LogP contribution in [0.2, 0.25) is 0 Å². The first kappa shape index (κ1) is 12.9. The lowest BCUT2D eigenvalue weighted by molar-refractivity contribution is 0.683. The topological polar surface area (TPSA) is 43.1 Å². The molecule has 0 spiro atoms. The fourth-order valence-corrected chi connectivity index (χ4v) is 3.35. The number of rotatable bonds is 3. The number of hydrogen-bond acceptors (Lipinski definition) is 2. The van der Waals surface area contributed by atoms with Crippen LogP contribution in [0.3, 0.4) is 0 Å². The van der Waals surface area contributed by atoms with E-state index in [4.69, 9.17) is 5.73 Å². The zero-order chi connectivity index (χ0) is 13.9. The molecule has 0 saturated carbocycles. The van der Waals surface area contributed by atoms with E-state index in [1.165, 1.54) is 0 Å². The minimum Gasteiger partial charge on any atom is -0.399 e. The Labute approximate surface area is 120 Å². The molecule has 3 aromatic rings. The lowest BCUT2D eigenvalue weighted by Gasteiger charge is -2.05. The number of nitrogens with two attached hydrogens (primary N) is 1. The number of nitrogen functional groups attached to an aromatic ring is 1. The Bertz CT molecular complexity index is 783. The van der Waals surface area contributed by atoms with E-state index in [2.05, 4.69) is 6.07 Å². The molecule has 0 bridgehead atoms. The lowest BCUT2D eigenvalue weighted by Crippen LogP contribution is -1.97. The van der Waals surface area contributed by atoms with E-state index in [-0.39, 0.29) is 0 Å². The summed E-state index contributed by atoms with van der Waals surface area (Å²) in [4.78, 5) is 0.853. The standard InChI is InChI=1S/C17H15NOS/c18-16-7-3-4-13(10-16)12-20(19)17-9-8-14-5-1-2-6-15(14)11-17/h1-11H,12,18H2. The van der Waals surface area contributed by atoms with Crippen LogP contribution in [0.25, 0.3) is 10.8 Å². The SMILES string of the molecule is Nc1cccc(CS(=O)c2ccc3ccccc3c2)c1. The van der Waals surface area contributed by atoms with E-state index in [1.54, 1.807) is 0 Å². The maximum Gasteiger partial charge on any atom is 0.0574 e. The molecule has 1 unspecified atom stereocenters. The molecule has 0 fully saturated rings. The predicted molar refractivity (Wildman–Crippen MR) is 84.9 cm³/mol. The van der Waals surface area contributed by atoms with E-state index in [9.17, 15) is 4.21 Å². The van der Waals surface area contributed by atoms with Gasteiger partial charge in [-0.25, -0.2) is 0 Å². The Morgan fingerprint density at radius 1 is 0.850 bits per heavy atom. The fourth-order valence-electron chi connectivity index (χ4n) is 2.23. The van der Waals surface area contributed by atoms with Crippen molar-refractivity contribution in [2.45, 2.75) is 10.6 Å². The summed E-state index contributed by atoms with van der Waals surface area (Å²) < 4.78 is 12.4. The summed E-state index contributed by atoms with van der Waals surface area (Å²) in [6.45, 7) is 0. The first-order valence-corrected chi connectivity index (χ1v) is 7.76. The molecule has 0 radical (unpaired) electrons.